The monoisotopic (exact) mass is 462 g/mol. The highest BCUT2D eigenvalue weighted by Crippen LogP contribution is 2.21. The number of nitrogens with zero attached hydrogens (tertiary/aromatic N) is 2. The summed E-state index contributed by atoms with van der Waals surface area (Å²) in [7, 11) is 3.47. The van der Waals surface area contributed by atoms with Gasteiger partial charge in [0, 0.05) is 36.3 Å². The standard InChI is InChI=1S/C25H23ClN4O3/c1-30-21-12-11-18(28-24(31)16-7-9-17(26)10-8-16)15-20(21)29-23(30)13-14-27-25(32)19-5-3-4-6-22(19)33-2/h3-12,15H,13-14H2,1-2H3,(H,27,32)(H,28,31). The number of benzene rings is 3. The normalized spacial score (nSPS) is 10.8. The quantitative estimate of drug-likeness (QED) is 0.424. The molecule has 0 fully saturated rings. The fourth-order valence-electron chi connectivity index (χ4n) is 3.57. The Labute approximate surface area is 196 Å². The lowest BCUT2D eigenvalue weighted by Crippen LogP contribution is -2.26. The number of amides is 2. The number of imidazole rings is 1. The van der Waals surface area contributed by atoms with Crippen molar-refractivity contribution in [2.24, 2.45) is 7.05 Å². The summed E-state index contributed by atoms with van der Waals surface area (Å²) in [4.78, 5) is 29.6. The summed E-state index contributed by atoms with van der Waals surface area (Å²) in [5.74, 6) is 0.942. The summed E-state index contributed by atoms with van der Waals surface area (Å²) in [6, 6.07) is 19.4. The zero-order valence-electron chi connectivity index (χ0n) is 18.3. The van der Waals surface area contributed by atoms with Gasteiger partial charge in [-0.2, -0.15) is 0 Å². The number of nitrogens with one attached hydrogen (secondary N) is 2. The van der Waals surface area contributed by atoms with E-state index in [0.717, 1.165) is 16.9 Å². The molecular formula is C25H23ClN4O3. The fraction of sp³-hybridized carbons (Fsp3) is 0.160. The zero-order valence-corrected chi connectivity index (χ0v) is 19.0. The number of halogens is 1. The van der Waals surface area contributed by atoms with E-state index < -0.39 is 0 Å². The summed E-state index contributed by atoms with van der Waals surface area (Å²) in [5.41, 5.74) is 3.36. The SMILES string of the molecule is COc1ccccc1C(=O)NCCc1nc2cc(NC(=O)c3ccc(Cl)cc3)ccc2n1C. The number of carbonyl (C=O) groups excluding carboxylic acids is 2. The number of rotatable bonds is 7. The van der Waals surface area contributed by atoms with Crippen molar-refractivity contribution in [1.29, 1.82) is 0 Å². The van der Waals surface area contributed by atoms with Gasteiger partial charge in [0.25, 0.3) is 11.8 Å². The number of aryl methyl sites for hydroxylation is 1. The molecule has 1 aromatic heterocycles. The molecule has 0 saturated carbocycles. The van der Waals surface area contributed by atoms with Gasteiger partial charge in [-0.25, -0.2) is 4.98 Å². The highest BCUT2D eigenvalue weighted by Gasteiger charge is 2.13. The first-order valence-electron chi connectivity index (χ1n) is 10.4. The number of hydrogen-bond donors (Lipinski definition) is 2. The lowest BCUT2D eigenvalue weighted by atomic mass is 10.2. The Bertz CT molecular complexity index is 1320. The van der Waals surface area contributed by atoms with Crippen molar-refractivity contribution >= 4 is 40.1 Å². The number of ether oxygens (including phenoxy) is 1. The van der Waals surface area contributed by atoms with Gasteiger partial charge in [-0.05, 0) is 54.6 Å². The van der Waals surface area contributed by atoms with Gasteiger partial charge in [0.2, 0.25) is 0 Å². The Kier molecular flexibility index (Phi) is 6.60. The molecule has 2 amide bonds. The minimum Gasteiger partial charge on any atom is -0.496 e. The van der Waals surface area contributed by atoms with Crippen LogP contribution in [-0.4, -0.2) is 35.0 Å². The first-order valence-corrected chi connectivity index (χ1v) is 10.8. The minimum absolute atomic E-state index is 0.196. The number of methoxy groups -OCH3 is 1. The van der Waals surface area contributed by atoms with Crippen LogP contribution in [0.3, 0.4) is 0 Å². The van der Waals surface area contributed by atoms with Gasteiger partial charge in [0.15, 0.2) is 0 Å². The van der Waals surface area contributed by atoms with E-state index in [1.165, 1.54) is 7.11 Å². The summed E-state index contributed by atoms with van der Waals surface area (Å²) >= 11 is 5.89. The molecule has 1 heterocycles. The zero-order chi connectivity index (χ0) is 23.4. The maximum Gasteiger partial charge on any atom is 0.255 e. The second-order valence-corrected chi connectivity index (χ2v) is 7.89. The van der Waals surface area contributed by atoms with Crippen LogP contribution >= 0.6 is 11.6 Å². The van der Waals surface area contributed by atoms with E-state index in [2.05, 4.69) is 15.6 Å². The van der Waals surface area contributed by atoms with E-state index in [4.69, 9.17) is 16.3 Å². The highest BCUT2D eigenvalue weighted by atomic mass is 35.5. The molecule has 168 valence electrons. The Balaban J connectivity index is 1.43. The molecule has 8 heteroatoms. The van der Waals surface area contributed by atoms with Crippen molar-refractivity contribution in [3.63, 3.8) is 0 Å². The number of anilines is 1. The van der Waals surface area contributed by atoms with Crippen LogP contribution in [0.25, 0.3) is 11.0 Å². The maximum atomic E-state index is 12.5. The predicted octanol–water partition coefficient (Wildman–Crippen LogP) is 4.46. The highest BCUT2D eigenvalue weighted by molar-refractivity contribution is 6.30. The fourth-order valence-corrected chi connectivity index (χ4v) is 3.70. The average molecular weight is 463 g/mol. The molecule has 0 radical (unpaired) electrons. The van der Waals surface area contributed by atoms with E-state index in [1.807, 2.05) is 35.9 Å². The summed E-state index contributed by atoms with van der Waals surface area (Å²) < 4.78 is 7.23. The van der Waals surface area contributed by atoms with Crippen LogP contribution in [0.1, 0.15) is 26.5 Å². The Morgan fingerprint density at radius 2 is 1.79 bits per heavy atom. The van der Waals surface area contributed by atoms with Gasteiger partial charge in [-0.1, -0.05) is 23.7 Å². The molecule has 33 heavy (non-hydrogen) atoms. The Morgan fingerprint density at radius 1 is 1.03 bits per heavy atom. The second-order valence-electron chi connectivity index (χ2n) is 7.46. The summed E-state index contributed by atoms with van der Waals surface area (Å²) in [6.45, 7) is 0.425. The van der Waals surface area contributed by atoms with Crippen LogP contribution in [0.4, 0.5) is 5.69 Å². The minimum atomic E-state index is -0.221. The predicted molar refractivity (Wildman–Crippen MR) is 129 cm³/mol. The van der Waals surface area contributed by atoms with Crippen molar-refractivity contribution in [1.82, 2.24) is 14.9 Å². The molecule has 4 aromatic rings. The molecule has 0 spiro atoms. The molecule has 0 aliphatic rings. The molecule has 0 saturated heterocycles. The maximum absolute atomic E-state index is 12.5. The van der Waals surface area contributed by atoms with Crippen LogP contribution in [0, 0.1) is 0 Å². The van der Waals surface area contributed by atoms with Crippen LogP contribution in [0.5, 0.6) is 5.75 Å². The largest absolute Gasteiger partial charge is 0.496 e. The third kappa shape index (κ3) is 4.99. The molecule has 2 N–H and O–H groups in total. The lowest BCUT2D eigenvalue weighted by Gasteiger charge is -2.09. The number of hydrogen-bond acceptors (Lipinski definition) is 4. The van der Waals surface area contributed by atoms with Crippen molar-refractivity contribution in [3.05, 3.63) is 88.7 Å². The molecule has 0 bridgehead atoms. The lowest BCUT2D eigenvalue weighted by molar-refractivity contribution is 0.0950. The average Bonchev–Trinajstić information content (AvgIpc) is 3.14. The van der Waals surface area contributed by atoms with Gasteiger partial charge in [0.1, 0.15) is 11.6 Å². The summed E-state index contributed by atoms with van der Waals surface area (Å²) in [6.07, 6.45) is 0.554. The number of aromatic nitrogens is 2. The van der Waals surface area contributed by atoms with Gasteiger partial charge in [-0.3, -0.25) is 9.59 Å². The molecule has 3 aromatic carbocycles. The molecule has 0 aliphatic heterocycles. The summed E-state index contributed by atoms with van der Waals surface area (Å²) in [5, 5.41) is 6.38. The molecule has 0 aliphatic carbocycles. The van der Waals surface area contributed by atoms with Crippen molar-refractivity contribution < 1.29 is 14.3 Å². The van der Waals surface area contributed by atoms with E-state index in [0.29, 0.717) is 40.6 Å². The van der Waals surface area contributed by atoms with Crippen LogP contribution in [-0.2, 0) is 13.5 Å². The Hall–Kier alpha value is -3.84. The van der Waals surface area contributed by atoms with Crippen molar-refractivity contribution in [3.8, 4) is 5.75 Å². The Morgan fingerprint density at radius 3 is 2.55 bits per heavy atom. The number of para-hydroxylation sites is 1. The third-order valence-corrected chi connectivity index (χ3v) is 5.58. The van der Waals surface area contributed by atoms with Crippen LogP contribution in [0.15, 0.2) is 66.7 Å². The van der Waals surface area contributed by atoms with Crippen molar-refractivity contribution in [2.45, 2.75) is 6.42 Å². The topological polar surface area (TPSA) is 85.2 Å². The molecule has 4 rings (SSSR count). The molecule has 0 atom stereocenters. The number of fused-ring (bicyclic) bond motifs is 1. The first kappa shape index (κ1) is 22.4. The third-order valence-electron chi connectivity index (χ3n) is 5.32. The smallest absolute Gasteiger partial charge is 0.255 e. The molecule has 7 nitrogen and oxygen atoms in total. The first-order chi connectivity index (χ1) is 16.0. The van der Waals surface area contributed by atoms with Gasteiger partial charge >= 0.3 is 0 Å². The van der Waals surface area contributed by atoms with Crippen LogP contribution < -0.4 is 15.4 Å². The van der Waals surface area contributed by atoms with E-state index >= 15 is 0 Å². The van der Waals surface area contributed by atoms with Crippen LogP contribution in [0.2, 0.25) is 5.02 Å². The second kappa shape index (κ2) is 9.75. The van der Waals surface area contributed by atoms with Gasteiger partial charge in [0.05, 0.1) is 23.7 Å². The molecular weight excluding hydrogens is 440 g/mol. The van der Waals surface area contributed by atoms with E-state index in [9.17, 15) is 9.59 Å². The number of carbonyl (C=O) groups is 2. The van der Waals surface area contributed by atoms with Crippen molar-refractivity contribution in [2.75, 3.05) is 19.0 Å². The van der Waals surface area contributed by atoms with E-state index in [-0.39, 0.29) is 11.8 Å². The van der Waals surface area contributed by atoms with Gasteiger partial charge in [-0.15, -0.1) is 0 Å². The molecule has 0 unspecified atom stereocenters. The van der Waals surface area contributed by atoms with E-state index in [1.54, 1.807) is 42.5 Å². The van der Waals surface area contributed by atoms with Gasteiger partial charge < -0.3 is 19.9 Å².